The molecule has 2 aromatic carbocycles. The van der Waals surface area contributed by atoms with E-state index in [2.05, 4.69) is 36.2 Å². The number of thiophene rings is 1. The summed E-state index contributed by atoms with van der Waals surface area (Å²) in [5, 5.41) is 4.04. The minimum absolute atomic E-state index is 0.0868. The second kappa shape index (κ2) is 11.6. The van der Waals surface area contributed by atoms with Gasteiger partial charge in [-0.05, 0) is 56.2 Å². The fraction of sp³-hybridized carbons (Fsp3) is 0.357. The maximum Gasteiger partial charge on any atom is 0.409 e. The van der Waals surface area contributed by atoms with E-state index >= 15 is 0 Å². The number of carbonyl (C=O) groups excluding carboxylic acids is 2. The van der Waals surface area contributed by atoms with Crippen molar-refractivity contribution in [2.75, 3.05) is 45.2 Å². The first kappa shape index (κ1) is 25.7. The van der Waals surface area contributed by atoms with Gasteiger partial charge in [0.15, 0.2) is 0 Å². The van der Waals surface area contributed by atoms with Crippen LogP contribution in [-0.4, -0.2) is 61.7 Å². The number of rotatable bonds is 7. The summed E-state index contributed by atoms with van der Waals surface area (Å²) in [7, 11) is 1.66. The summed E-state index contributed by atoms with van der Waals surface area (Å²) in [6, 6.07) is 17.3. The molecule has 1 atom stereocenters. The summed E-state index contributed by atoms with van der Waals surface area (Å²) >= 11 is 1.60. The van der Waals surface area contributed by atoms with Gasteiger partial charge < -0.3 is 19.7 Å². The first-order valence-corrected chi connectivity index (χ1v) is 13.0. The lowest BCUT2D eigenvalue weighted by molar-refractivity contribution is 0.0715. The van der Waals surface area contributed by atoms with E-state index in [1.807, 2.05) is 49.4 Å². The lowest BCUT2D eigenvalue weighted by Crippen LogP contribution is -2.50. The molecule has 1 saturated heterocycles. The van der Waals surface area contributed by atoms with E-state index in [4.69, 9.17) is 9.47 Å². The Bertz CT molecular complexity index is 1190. The smallest absolute Gasteiger partial charge is 0.409 e. The number of ether oxygens (including phenoxy) is 2. The van der Waals surface area contributed by atoms with E-state index in [1.165, 1.54) is 0 Å². The molecule has 0 spiro atoms. The lowest BCUT2D eigenvalue weighted by Gasteiger charge is -2.39. The van der Waals surface area contributed by atoms with Crippen molar-refractivity contribution in [2.45, 2.75) is 26.8 Å². The highest BCUT2D eigenvalue weighted by Gasteiger charge is 2.33. The van der Waals surface area contributed by atoms with E-state index in [1.54, 1.807) is 23.3 Å². The molecule has 1 aliphatic heterocycles. The molecule has 2 amide bonds. The third kappa shape index (κ3) is 5.55. The number of carbonyl (C=O) groups is 2. The molecule has 0 radical (unpaired) electrons. The number of anilines is 1. The molecule has 190 valence electrons. The minimum Gasteiger partial charge on any atom is -0.497 e. The zero-order valence-corrected chi connectivity index (χ0v) is 22.1. The first-order chi connectivity index (χ1) is 17.4. The van der Waals surface area contributed by atoms with Crippen molar-refractivity contribution in [2.24, 2.45) is 0 Å². The highest BCUT2D eigenvalue weighted by Crippen LogP contribution is 2.43. The molecule has 7 nitrogen and oxygen atoms in total. The van der Waals surface area contributed by atoms with Gasteiger partial charge in [-0.15, -0.1) is 11.3 Å². The largest absolute Gasteiger partial charge is 0.497 e. The van der Waals surface area contributed by atoms with Gasteiger partial charge in [-0.2, -0.15) is 0 Å². The van der Waals surface area contributed by atoms with Gasteiger partial charge in [0.2, 0.25) is 0 Å². The normalized spacial score (nSPS) is 14.8. The number of aryl methyl sites for hydroxylation is 1. The fourth-order valence-electron chi connectivity index (χ4n) is 4.56. The Morgan fingerprint density at radius 1 is 1.00 bits per heavy atom. The van der Waals surface area contributed by atoms with Gasteiger partial charge in [-0.1, -0.05) is 30.3 Å². The first-order valence-electron chi connectivity index (χ1n) is 12.2. The Balaban J connectivity index is 1.69. The zero-order chi connectivity index (χ0) is 25.7. The molecule has 3 aromatic rings. The molecule has 36 heavy (non-hydrogen) atoms. The van der Waals surface area contributed by atoms with Crippen LogP contribution < -0.4 is 10.1 Å². The summed E-state index contributed by atoms with van der Waals surface area (Å²) in [4.78, 5) is 30.7. The molecular weight excluding hydrogens is 474 g/mol. The van der Waals surface area contributed by atoms with Crippen molar-refractivity contribution in [3.8, 4) is 5.75 Å². The van der Waals surface area contributed by atoms with E-state index in [0.29, 0.717) is 38.3 Å². The van der Waals surface area contributed by atoms with Gasteiger partial charge in [-0.25, -0.2) is 4.79 Å². The van der Waals surface area contributed by atoms with E-state index in [-0.39, 0.29) is 18.0 Å². The Labute approximate surface area is 216 Å². The number of benzene rings is 2. The van der Waals surface area contributed by atoms with Crippen molar-refractivity contribution < 1.29 is 19.1 Å². The van der Waals surface area contributed by atoms with Crippen LogP contribution in [0.1, 0.15) is 44.9 Å². The monoisotopic (exact) mass is 507 g/mol. The van der Waals surface area contributed by atoms with Crippen LogP contribution in [0.4, 0.5) is 9.80 Å². The number of nitrogens with zero attached hydrogens (tertiary/aromatic N) is 2. The standard InChI is InChI=1S/C28H33N3O4S/c1-5-35-28(33)31-17-15-30(16-18-31)25(21-11-13-23(34-4)14-12-21)24-19(2)20(3)36-27(24)29-26(32)22-9-7-6-8-10-22/h6-14,25H,5,15-18H2,1-4H3,(H,29,32)/t25-/m1/s1. The lowest BCUT2D eigenvalue weighted by atomic mass is 9.94. The number of hydrogen-bond acceptors (Lipinski definition) is 6. The van der Waals surface area contributed by atoms with Crippen LogP contribution in [0.25, 0.3) is 0 Å². The SMILES string of the molecule is CCOC(=O)N1CCN([C@H](c2ccc(OC)cc2)c2c(NC(=O)c3ccccc3)sc(C)c2C)CC1. The van der Waals surface area contributed by atoms with Gasteiger partial charge in [0.1, 0.15) is 10.8 Å². The second-order valence-electron chi connectivity index (χ2n) is 8.74. The van der Waals surface area contributed by atoms with Crippen LogP contribution in [0.5, 0.6) is 5.75 Å². The Kier molecular flexibility index (Phi) is 8.28. The number of hydrogen-bond donors (Lipinski definition) is 1. The average Bonchev–Trinajstić information content (AvgIpc) is 3.18. The summed E-state index contributed by atoms with van der Waals surface area (Å²) < 4.78 is 10.6. The summed E-state index contributed by atoms with van der Waals surface area (Å²) in [6.45, 7) is 8.94. The molecule has 1 aliphatic rings. The molecule has 1 N–H and O–H groups in total. The molecule has 0 saturated carbocycles. The van der Waals surface area contributed by atoms with Crippen molar-refractivity contribution in [1.29, 1.82) is 0 Å². The summed E-state index contributed by atoms with van der Waals surface area (Å²) in [5.41, 5.74) is 3.99. The van der Waals surface area contributed by atoms with Crippen LogP contribution in [0, 0.1) is 13.8 Å². The maximum atomic E-state index is 13.1. The predicted molar refractivity (Wildman–Crippen MR) is 143 cm³/mol. The van der Waals surface area contributed by atoms with Gasteiger partial charge in [0.05, 0.1) is 19.8 Å². The zero-order valence-electron chi connectivity index (χ0n) is 21.2. The van der Waals surface area contributed by atoms with Crippen LogP contribution in [0.2, 0.25) is 0 Å². The van der Waals surface area contributed by atoms with Gasteiger partial charge in [0.25, 0.3) is 5.91 Å². The van der Waals surface area contributed by atoms with Crippen molar-refractivity contribution >= 4 is 28.3 Å². The van der Waals surface area contributed by atoms with Crippen LogP contribution >= 0.6 is 11.3 Å². The number of piperazine rings is 1. The molecule has 2 heterocycles. The number of methoxy groups -OCH3 is 1. The van der Waals surface area contributed by atoms with Crippen molar-refractivity contribution in [3.05, 3.63) is 81.7 Å². The van der Waals surface area contributed by atoms with Crippen LogP contribution in [0.3, 0.4) is 0 Å². The quantitative estimate of drug-likeness (QED) is 0.458. The summed E-state index contributed by atoms with van der Waals surface area (Å²) in [6.07, 6.45) is -0.267. The average molecular weight is 508 g/mol. The molecule has 8 heteroatoms. The molecule has 1 fully saturated rings. The molecule has 0 aliphatic carbocycles. The number of amides is 2. The van der Waals surface area contributed by atoms with Crippen molar-refractivity contribution in [3.63, 3.8) is 0 Å². The minimum atomic E-state index is -0.267. The van der Waals surface area contributed by atoms with Gasteiger partial charge >= 0.3 is 6.09 Å². The van der Waals surface area contributed by atoms with E-state index in [9.17, 15) is 9.59 Å². The predicted octanol–water partition coefficient (Wildman–Crippen LogP) is 5.49. The third-order valence-corrected chi connectivity index (χ3v) is 7.74. The Hall–Kier alpha value is -3.36. The highest BCUT2D eigenvalue weighted by atomic mass is 32.1. The molecule has 0 unspecified atom stereocenters. The summed E-state index contributed by atoms with van der Waals surface area (Å²) in [5.74, 6) is 0.666. The van der Waals surface area contributed by atoms with Gasteiger partial charge in [-0.3, -0.25) is 9.69 Å². The van der Waals surface area contributed by atoms with E-state index in [0.717, 1.165) is 32.3 Å². The topological polar surface area (TPSA) is 71.1 Å². The molecule has 4 rings (SSSR count). The molecule has 1 aromatic heterocycles. The second-order valence-corrected chi connectivity index (χ2v) is 9.97. The third-order valence-electron chi connectivity index (χ3n) is 6.61. The highest BCUT2D eigenvalue weighted by molar-refractivity contribution is 7.16. The molecule has 0 bridgehead atoms. The number of nitrogens with one attached hydrogen (secondary N) is 1. The Morgan fingerprint density at radius 2 is 1.67 bits per heavy atom. The Morgan fingerprint density at radius 3 is 2.28 bits per heavy atom. The maximum absolute atomic E-state index is 13.1. The van der Waals surface area contributed by atoms with Crippen LogP contribution in [-0.2, 0) is 4.74 Å². The molecular formula is C28H33N3O4S. The van der Waals surface area contributed by atoms with Crippen molar-refractivity contribution in [1.82, 2.24) is 9.80 Å². The van der Waals surface area contributed by atoms with E-state index < -0.39 is 0 Å². The fourth-order valence-corrected chi connectivity index (χ4v) is 5.64. The van der Waals surface area contributed by atoms with Crippen LogP contribution in [0.15, 0.2) is 54.6 Å². The van der Waals surface area contributed by atoms with Gasteiger partial charge in [0, 0.05) is 42.2 Å².